The molecule has 1 N–H and O–H groups in total. The number of hydrogen-bond acceptors (Lipinski definition) is 3. The van der Waals surface area contributed by atoms with Crippen LogP contribution in [0, 0.1) is 19.7 Å². The molecule has 4 nitrogen and oxygen atoms in total. The molecule has 0 radical (unpaired) electrons. The molecule has 0 heterocycles. The van der Waals surface area contributed by atoms with Crippen molar-refractivity contribution in [1.82, 2.24) is 5.32 Å². The quantitative estimate of drug-likeness (QED) is 0.548. The van der Waals surface area contributed by atoms with Gasteiger partial charge in [-0.25, -0.2) is 4.39 Å². The van der Waals surface area contributed by atoms with Crippen molar-refractivity contribution < 1.29 is 18.7 Å². The van der Waals surface area contributed by atoms with E-state index >= 15 is 0 Å². The van der Waals surface area contributed by atoms with Gasteiger partial charge in [0.05, 0.1) is 6.61 Å². The van der Waals surface area contributed by atoms with Gasteiger partial charge in [-0.3, -0.25) is 4.79 Å². The molecule has 0 aliphatic rings. The molecule has 0 bridgehead atoms. The van der Waals surface area contributed by atoms with Gasteiger partial charge in [0.1, 0.15) is 23.9 Å². The van der Waals surface area contributed by atoms with E-state index in [1.807, 2.05) is 32.9 Å². The van der Waals surface area contributed by atoms with Crippen molar-refractivity contribution in [2.24, 2.45) is 0 Å². The summed E-state index contributed by atoms with van der Waals surface area (Å²) in [4.78, 5) is 12.6. The molecule has 0 saturated carbocycles. The third-order valence-corrected chi connectivity index (χ3v) is 4.58. The fourth-order valence-electron chi connectivity index (χ4n) is 3.19. The van der Waals surface area contributed by atoms with E-state index in [1.165, 1.54) is 12.1 Å². The van der Waals surface area contributed by atoms with Crippen LogP contribution in [0.2, 0.25) is 0 Å². The Hall–Kier alpha value is -3.34. The van der Waals surface area contributed by atoms with Crippen molar-refractivity contribution in [2.45, 2.75) is 33.9 Å². The number of rotatable bonds is 8. The molecule has 0 unspecified atom stereocenters. The standard InChI is InChI=1S/C25H26FNO3/c1-4-29-24-10-7-20(25(28)27-15-19-5-8-22(26)9-6-19)14-21(24)16-30-23-12-17(2)11-18(3)13-23/h5-14H,4,15-16H2,1-3H3,(H,27,28). The molecule has 5 heteroatoms. The molecular weight excluding hydrogens is 381 g/mol. The minimum Gasteiger partial charge on any atom is -0.493 e. The zero-order chi connectivity index (χ0) is 21.5. The molecule has 3 rings (SSSR count). The summed E-state index contributed by atoms with van der Waals surface area (Å²) in [7, 11) is 0. The van der Waals surface area contributed by atoms with Crippen LogP contribution in [0.25, 0.3) is 0 Å². The maximum Gasteiger partial charge on any atom is 0.251 e. The van der Waals surface area contributed by atoms with Gasteiger partial charge < -0.3 is 14.8 Å². The average molecular weight is 407 g/mol. The van der Waals surface area contributed by atoms with Gasteiger partial charge in [0.25, 0.3) is 5.91 Å². The summed E-state index contributed by atoms with van der Waals surface area (Å²) in [6, 6.07) is 17.4. The van der Waals surface area contributed by atoms with Crippen molar-refractivity contribution in [2.75, 3.05) is 6.61 Å². The van der Waals surface area contributed by atoms with E-state index in [2.05, 4.69) is 11.4 Å². The van der Waals surface area contributed by atoms with E-state index < -0.39 is 0 Å². The van der Waals surface area contributed by atoms with Gasteiger partial charge in [-0.2, -0.15) is 0 Å². The fraction of sp³-hybridized carbons (Fsp3) is 0.240. The number of aryl methyl sites for hydroxylation is 2. The van der Waals surface area contributed by atoms with Gasteiger partial charge in [-0.15, -0.1) is 0 Å². The van der Waals surface area contributed by atoms with Crippen LogP contribution in [0.15, 0.2) is 60.7 Å². The topological polar surface area (TPSA) is 47.6 Å². The highest BCUT2D eigenvalue weighted by Crippen LogP contribution is 2.24. The second-order valence-corrected chi connectivity index (χ2v) is 7.18. The van der Waals surface area contributed by atoms with Gasteiger partial charge in [0.15, 0.2) is 0 Å². The lowest BCUT2D eigenvalue weighted by Gasteiger charge is -2.14. The molecule has 3 aromatic rings. The molecule has 0 fully saturated rings. The Bertz CT molecular complexity index is 995. The molecule has 0 aliphatic heterocycles. The fourth-order valence-corrected chi connectivity index (χ4v) is 3.19. The lowest BCUT2D eigenvalue weighted by atomic mass is 10.1. The lowest BCUT2D eigenvalue weighted by Crippen LogP contribution is -2.23. The van der Waals surface area contributed by atoms with Gasteiger partial charge in [-0.05, 0) is 79.9 Å². The summed E-state index contributed by atoms with van der Waals surface area (Å²) in [5.74, 6) is 0.957. The lowest BCUT2D eigenvalue weighted by molar-refractivity contribution is 0.0950. The SMILES string of the molecule is CCOc1ccc(C(=O)NCc2ccc(F)cc2)cc1COc1cc(C)cc(C)c1. The summed E-state index contributed by atoms with van der Waals surface area (Å²) < 4.78 is 24.7. The van der Waals surface area contributed by atoms with E-state index in [0.29, 0.717) is 24.5 Å². The minimum atomic E-state index is -0.301. The van der Waals surface area contributed by atoms with Crippen LogP contribution in [-0.4, -0.2) is 12.5 Å². The highest BCUT2D eigenvalue weighted by Gasteiger charge is 2.12. The number of carbonyl (C=O) groups is 1. The molecule has 1 amide bonds. The maximum atomic E-state index is 13.0. The maximum absolute atomic E-state index is 13.0. The first-order valence-electron chi connectivity index (χ1n) is 9.94. The Kier molecular flexibility index (Phi) is 7.07. The first-order chi connectivity index (χ1) is 14.4. The molecule has 0 atom stereocenters. The van der Waals surface area contributed by atoms with E-state index in [9.17, 15) is 9.18 Å². The first-order valence-corrected chi connectivity index (χ1v) is 9.94. The minimum absolute atomic E-state index is 0.213. The monoisotopic (exact) mass is 407 g/mol. The summed E-state index contributed by atoms with van der Waals surface area (Å²) in [6.45, 7) is 7.09. The van der Waals surface area contributed by atoms with Gasteiger partial charge in [-0.1, -0.05) is 18.2 Å². The Morgan fingerprint density at radius 1 is 0.933 bits per heavy atom. The summed E-state index contributed by atoms with van der Waals surface area (Å²) >= 11 is 0. The summed E-state index contributed by atoms with van der Waals surface area (Å²) in [6.07, 6.45) is 0. The zero-order valence-corrected chi connectivity index (χ0v) is 17.5. The molecule has 0 aliphatic carbocycles. The number of benzene rings is 3. The Balaban J connectivity index is 1.72. The highest BCUT2D eigenvalue weighted by molar-refractivity contribution is 5.94. The smallest absolute Gasteiger partial charge is 0.251 e. The van der Waals surface area contributed by atoms with Crippen LogP contribution < -0.4 is 14.8 Å². The van der Waals surface area contributed by atoms with Crippen LogP contribution in [0.4, 0.5) is 4.39 Å². The van der Waals surface area contributed by atoms with Crippen molar-refractivity contribution in [3.63, 3.8) is 0 Å². The van der Waals surface area contributed by atoms with Crippen molar-refractivity contribution in [1.29, 1.82) is 0 Å². The van der Waals surface area contributed by atoms with Gasteiger partial charge >= 0.3 is 0 Å². The van der Waals surface area contributed by atoms with Crippen LogP contribution in [0.5, 0.6) is 11.5 Å². The third kappa shape index (κ3) is 5.83. The molecular formula is C25H26FNO3. The van der Waals surface area contributed by atoms with E-state index in [1.54, 1.807) is 30.3 Å². The molecule has 3 aromatic carbocycles. The Labute approximate surface area is 176 Å². The van der Waals surface area contributed by atoms with E-state index in [0.717, 1.165) is 28.0 Å². The second kappa shape index (κ2) is 9.92. The van der Waals surface area contributed by atoms with Crippen LogP contribution >= 0.6 is 0 Å². The van der Waals surface area contributed by atoms with Gasteiger partial charge in [0, 0.05) is 17.7 Å². The number of amides is 1. The second-order valence-electron chi connectivity index (χ2n) is 7.18. The van der Waals surface area contributed by atoms with Crippen LogP contribution in [-0.2, 0) is 13.2 Å². The number of nitrogens with one attached hydrogen (secondary N) is 1. The predicted octanol–water partition coefficient (Wildman–Crippen LogP) is 5.35. The van der Waals surface area contributed by atoms with Crippen molar-refractivity contribution >= 4 is 5.91 Å². The van der Waals surface area contributed by atoms with Gasteiger partial charge in [0.2, 0.25) is 0 Å². The number of hydrogen-bond donors (Lipinski definition) is 1. The molecule has 0 aromatic heterocycles. The third-order valence-electron chi connectivity index (χ3n) is 4.58. The summed E-state index contributed by atoms with van der Waals surface area (Å²) in [5.41, 5.74) is 4.40. The molecule has 0 saturated heterocycles. The largest absolute Gasteiger partial charge is 0.493 e. The Morgan fingerprint density at radius 2 is 1.63 bits per heavy atom. The number of halogens is 1. The zero-order valence-electron chi connectivity index (χ0n) is 17.5. The van der Waals surface area contributed by atoms with E-state index in [-0.39, 0.29) is 18.3 Å². The highest BCUT2D eigenvalue weighted by atomic mass is 19.1. The summed E-state index contributed by atoms with van der Waals surface area (Å²) in [5, 5.41) is 2.86. The van der Waals surface area contributed by atoms with Crippen molar-refractivity contribution in [3.05, 3.63) is 94.3 Å². The number of ether oxygens (including phenoxy) is 2. The molecule has 30 heavy (non-hydrogen) atoms. The number of carbonyl (C=O) groups excluding carboxylic acids is 1. The Morgan fingerprint density at radius 3 is 2.30 bits per heavy atom. The van der Waals surface area contributed by atoms with E-state index in [4.69, 9.17) is 9.47 Å². The molecule has 156 valence electrons. The van der Waals surface area contributed by atoms with Crippen LogP contribution in [0.1, 0.15) is 39.5 Å². The average Bonchev–Trinajstić information content (AvgIpc) is 2.72. The normalized spacial score (nSPS) is 10.5. The molecule has 0 spiro atoms. The predicted molar refractivity (Wildman–Crippen MR) is 115 cm³/mol. The van der Waals surface area contributed by atoms with Crippen LogP contribution in [0.3, 0.4) is 0 Å². The first kappa shape index (κ1) is 21.4. The van der Waals surface area contributed by atoms with Crippen molar-refractivity contribution in [3.8, 4) is 11.5 Å².